The molecule has 1 aromatic heterocycles. The lowest BCUT2D eigenvalue weighted by Crippen LogP contribution is -2.30. The van der Waals surface area contributed by atoms with Gasteiger partial charge in [-0.2, -0.15) is 0 Å². The second kappa shape index (κ2) is 6.35. The van der Waals surface area contributed by atoms with Crippen molar-refractivity contribution in [1.29, 1.82) is 0 Å². The average Bonchev–Trinajstić information content (AvgIpc) is 2.69. The first-order valence-corrected chi connectivity index (χ1v) is 8.22. The smallest absolute Gasteiger partial charge is 0.0701 e. The minimum absolute atomic E-state index is 0.0796. The Morgan fingerprint density at radius 1 is 1.41 bits per heavy atom. The summed E-state index contributed by atoms with van der Waals surface area (Å²) in [6.45, 7) is 2.26. The summed E-state index contributed by atoms with van der Waals surface area (Å²) in [4.78, 5) is 1.40. The van der Waals surface area contributed by atoms with Gasteiger partial charge in [0.1, 0.15) is 0 Å². The zero-order chi connectivity index (χ0) is 12.3. The van der Waals surface area contributed by atoms with Gasteiger partial charge in [0.15, 0.2) is 0 Å². The molecule has 1 N–H and O–H groups in total. The first kappa shape index (κ1) is 13.6. The number of thiophene rings is 1. The molecule has 1 aliphatic rings. The molecule has 0 spiro atoms. The van der Waals surface area contributed by atoms with E-state index in [2.05, 4.69) is 35.0 Å². The molecule has 0 aliphatic heterocycles. The predicted molar refractivity (Wildman–Crippen MR) is 77.5 cm³/mol. The van der Waals surface area contributed by atoms with Gasteiger partial charge in [-0.1, -0.05) is 19.8 Å². The lowest BCUT2D eigenvalue weighted by molar-refractivity contribution is 0.0467. The molecule has 1 fully saturated rings. The highest BCUT2D eigenvalue weighted by Crippen LogP contribution is 2.35. The van der Waals surface area contributed by atoms with E-state index in [0.29, 0.717) is 5.92 Å². The van der Waals surface area contributed by atoms with Crippen molar-refractivity contribution in [3.05, 3.63) is 20.8 Å². The van der Waals surface area contributed by atoms with Crippen LogP contribution in [0.5, 0.6) is 0 Å². The largest absolute Gasteiger partial charge is 0.393 e. The Labute approximate surface area is 116 Å². The van der Waals surface area contributed by atoms with Gasteiger partial charge in [-0.3, -0.25) is 0 Å². The van der Waals surface area contributed by atoms with Crippen molar-refractivity contribution in [2.45, 2.75) is 51.6 Å². The lowest BCUT2D eigenvalue weighted by atomic mass is 9.76. The van der Waals surface area contributed by atoms with Gasteiger partial charge in [-0.15, -0.1) is 11.3 Å². The fourth-order valence-corrected chi connectivity index (χ4v) is 4.53. The molecule has 1 aliphatic carbocycles. The lowest BCUT2D eigenvalue weighted by Gasteiger charge is -2.33. The van der Waals surface area contributed by atoms with Crippen molar-refractivity contribution in [1.82, 2.24) is 0 Å². The highest BCUT2D eigenvalue weighted by atomic mass is 79.9. The monoisotopic (exact) mass is 316 g/mol. The molecular formula is C14H21BrOS. The minimum Gasteiger partial charge on any atom is -0.393 e. The van der Waals surface area contributed by atoms with Crippen molar-refractivity contribution in [2.24, 2.45) is 11.8 Å². The van der Waals surface area contributed by atoms with Crippen molar-refractivity contribution in [2.75, 3.05) is 0 Å². The fourth-order valence-electron chi connectivity index (χ4n) is 2.95. The van der Waals surface area contributed by atoms with Crippen LogP contribution in [-0.4, -0.2) is 11.2 Å². The van der Waals surface area contributed by atoms with E-state index in [-0.39, 0.29) is 6.10 Å². The third kappa shape index (κ3) is 3.80. The van der Waals surface area contributed by atoms with Gasteiger partial charge in [-0.25, -0.2) is 0 Å². The van der Waals surface area contributed by atoms with Crippen molar-refractivity contribution in [3.63, 3.8) is 0 Å². The molecule has 1 heterocycles. The van der Waals surface area contributed by atoms with Gasteiger partial charge in [0.05, 0.1) is 9.89 Å². The van der Waals surface area contributed by atoms with Crippen LogP contribution < -0.4 is 0 Å². The molecule has 96 valence electrons. The number of hydrogen-bond acceptors (Lipinski definition) is 2. The molecule has 1 aromatic rings. The molecule has 3 heteroatoms. The summed E-state index contributed by atoms with van der Waals surface area (Å²) in [5, 5.41) is 10.1. The summed E-state index contributed by atoms with van der Waals surface area (Å²) in [5.74, 6) is 1.32. The SMILES string of the molecule is CCCC1CCC(O)C(Cc2ccc(Br)s2)C1. The van der Waals surface area contributed by atoms with Gasteiger partial charge >= 0.3 is 0 Å². The van der Waals surface area contributed by atoms with Crippen LogP contribution in [0.4, 0.5) is 0 Å². The number of rotatable bonds is 4. The van der Waals surface area contributed by atoms with E-state index in [1.807, 2.05) is 0 Å². The Morgan fingerprint density at radius 2 is 2.24 bits per heavy atom. The topological polar surface area (TPSA) is 20.2 Å². The summed E-state index contributed by atoms with van der Waals surface area (Å²) in [7, 11) is 0. The van der Waals surface area contributed by atoms with E-state index in [1.54, 1.807) is 11.3 Å². The molecule has 0 aromatic carbocycles. The molecule has 17 heavy (non-hydrogen) atoms. The first-order chi connectivity index (χ1) is 8.19. The van der Waals surface area contributed by atoms with E-state index in [4.69, 9.17) is 0 Å². The highest BCUT2D eigenvalue weighted by Gasteiger charge is 2.28. The van der Waals surface area contributed by atoms with Crippen LogP contribution in [0.25, 0.3) is 0 Å². The maximum atomic E-state index is 10.1. The summed E-state index contributed by atoms with van der Waals surface area (Å²) >= 11 is 5.31. The Bertz CT molecular complexity index is 350. The van der Waals surface area contributed by atoms with E-state index >= 15 is 0 Å². The maximum absolute atomic E-state index is 10.1. The standard InChI is InChI=1S/C14H21BrOS/c1-2-3-10-4-6-13(16)11(8-10)9-12-5-7-14(15)17-12/h5,7,10-11,13,16H,2-4,6,8-9H2,1H3. The normalized spacial score (nSPS) is 29.5. The van der Waals surface area contributed by atoms with E-state index in [9.17, 15) is 5.11 Å². The Kier molecular flexibility index (Phi) is 5.07. The Hall–Kier alpha value is 0.140. The quantitative estimate of drug-likeness (QED) is 0.858. The van der Waals surface area contributed by atoms with Crippen LogP contribution in [0, 0.1) is 11.8 Å². The Morgan fingerprint density at radius 3 is 2.88 bits per heavy atom. The summed E-state index contributed by atoms with van der Waals surface area (Å²) in [5.41, 5.74) is 0. The van der Waals surface area contributed by atoms with Crippen LogP contribution in [0.1, 0.15) is 43.9 Å². The molecule has 0 saturated heterocycles. The third-order valence-electron chi connectivity index (χ3n) is 3.84. The number of halogens is 1. The molecular weight excluding hydrogens is 296 g/mol. The van der Waals surface area contributed by atoms with Crippen molar-refractivity contribution >= 4 is 27.3 Å². The molecule has 3 unspecified atom stereocenters. The van der Waals surface area contributed by atoms with E-state index < -0.39 is 0 Å². The van der Waals surface area contributed by atoms with Crippen LogP contribution in [0.15, 0.2) is 15.9 Å². The fraction of sp³-hybridized carbons (Fsp3) is 0.714. The van der Waals surface area contributed by atoms with E-state index in [0.717, 1.165) is 18.8 Å². The van der Waals surface area contributed by atoms with E-state index in [1.165, 1.54) is 34.3 Å². The molecule has 1 nitrogen and oxygen atoms in total. The van der Waals surface area contributed by atoms with Gasteiger partial charge in [0, 0.05) is 4.88 Å². The molecule has 3 atom stereocenters. The van der Waals surface area contributed by atoms with Gasteiger partial charge < -0.3 is 5.11 Å². The van der Waals surface area contributed by atoms with Crippen LogP contribution in [0.3, 0.4) is 0 Å². The molecule has 1 saturated carbocycles. The van der Waals surface area contributed by atoms with Crippen LogP contribution in [0.2, 0.25) is 0 Å². The molecule has 0 radical (unpaired) electrons. The predicted octanol–water partition coefficient (Wildman–Crippen LogP) is 4.63. The van der Waals surface area contributed by atoms with Crippen LogP contribution in [-0.2, 0) is 6.42 Å². The summed E-state index contributed by atoms with van der Waals surface area (Å²) in [6, 6.07) is 4.30. The average molecular weight is 317 g/mol. The molecule has 0 amide bonds. The Balaban J connectivity index is 1.93. The maximum Gasteiger partial charge on any atom is 0.0701 e. The number of aliphatic hydroxyl groups excluding tert-OH is 1. The van der Waals surface area contributed by atoms with Gasteiger partial charge in [0.2, 0.25) is 0 Å². The van der Waals surface area contributed by atoms with Crippen LogP contribution >= 0.6 is 27.3 Å². The highest BCUT2D eigenvalue weighted by molar-refractivity contribution is 9.11. The minimum atomic E-state index is -0.0796. The zero-order valence-corrected chi connectivity index (χ0v) is 12.8. The number of hydrogen-bond donors (Lipinski definition) is 1. The van der Waals surface area contributed by atoms with Crippen molar-refractivity contribution < 1.29 is 5.11 Å². The summed E-state index contributed by atoms with van der Waals surface area (Å²) < 4.78 is 1.20. The second-order valence-electron chi connectivity index (χ2n) is 5.21. The summed E-state index contributed by atoms with van der Waals surface area (Å²) in [6.07, 6.45) is 7.02. The first-order valence-electron chi connectivity index (χ1n) is 6.61. The van der Waals surface area contributed by atoms with Gasteiger partial charge in [-0.05, 0) is 65.6 Å². The second-order valence-corrected chi connectivity index (χ2v) is 7.75. The third-order valence-corrected chi connectivity index (χ3v) is 5.49. The van der Waals surface area contributed by atoms with Crippen molar-refractivity contribution in [3.8, 4) is 0 Å². The number of aliphatic hydroxyl groups is 1. The molecule has 2 rings (SSSR count). The van der Waals surface area contributed by atoms with Gasteiger partial charge in [0.25, 0.3) is 0 Å². The zero-order valence-electron chi connectivity index (χ0n) is 10.4. The molecule has 0 bridgehead atoms.